The van der Waals surface area contributed by atoms with Crippen LogP contribution in [0.15, 0.2) is 24.3 Å². The molecule has 2 atom stereocenters. The van der Waals surface area contributed by atoms with Gasteiger partial charge in [-0.3, -0.25) is 9.59 Å². The minimum atomic E-state index is -0.908. The second-order valence-electron chi connectivity index (χ2n) is 4.92. The van der Waals surface area contributed by atoms with E-state index < -0.39 is 18.1 Å². The number of primary amides is 1. The molecule has 1 aromatic rings. The van der Waals surface area contributed by atoms with Crippen LogP contribution in [-0.2, 0) is 9.59 Å². The summed E-state index contributed by atoms with van der Waals surface area (Å²) in [6, 6.07) is 6.13. The Morgan fingerprint density at radius 3 is 2.65 bits per heavy atom. The fourth-order valence-electron chi connectivity index (χ4n) is 2.45. The molecule has 1 aliphatic rings. The molecule has 1 aromatic carbocycles. The van der Waals surface area contributed by atoms with Crippen molar-refractivity contribution in [2.75, 3.05) is 6.54 Å². The SMILES string of the molecule is NC(=O)C1CCCN1C(=O)CC(O)c1ccc(Cl)cc1. The van der Waals surface area contributed by atoms with Crippen molar-refractivity contribution >= 4 is 23.4 Å². The first-order chi connectivity index (χ1) is 9.49. The topological polar surface area (TPSA) is 83.6 Å². The van der Waals surface area contributed by atoms with Gasteiger partial charge in [0.15, 0.2) is 0 Å². The number of hydrogen-bond acceptors (Lipinski definition) is 3. The molecule has 3 N–H and O–H groups in total. The lowest BCUT2D eigenvalue weighted by molar-refractivity contribution is -0.138. The van der Waals surface area contributed by atoms with E-state index in [9.17, 15) is 14.7 Å². The first-order valence-corrected chi connectivity index (χ1v) is 6.89. The van der Waals surface area contributed by atoms with E-state index in [0.29, 0.717) is 23.6 Å². The highest BCUT2D eigenvalue weighted by Crippen LogP contribution is 2.23. The highest BCUT2D eigenvalue weighted by molar-refractivity contribution is 6.30. The van der Waals surface area contributed by atoms with Crippen LogP contribution in [0.4, 0.5) is 0 Å². The Bertz CT molecular complexity index is 504. The Labute approximate surface area is 122 Å². The Morgan fingerprint density at radius 1 is 1.40 bits per heavy atom. The maximum absolute atomic E-state index is 12.1. The molecule has 1 saturated heterocycles. The number of hydrogen-bond donors (Lipinski definition) is 2. The third kappa shape index (κ3) is 3.29. The molecule has 1 heterocycles. The van der Waals surface area contributed by atoms with Gasteiger partial charge >= 0.3 is 0 Å². The van der Waals surface area contributed by atoms with E-state index in [2.05, 4.69) is 0 Å². The first kappa shape index (κ1) is 14.8. The summed E-state index contributed by atoms with van der Waals surface area (Å²) < 4.78 is 0. The quantitative estimate of drug-likeness (QED) is 0.877. The van der Waals surface area contributed by atoms with Crippen LogP contribution in [0.5, 0.6) is 0 Å². The minimum Gasteiger partial charge on any atom is -0.388 e. The Hall–Kier alpha value is -1.59. The zero-order valence-corrected chi connectivity index (χ0v) is 11.7. The fraction of sp³-hybridized carbons (Fsp3) is 0.429. The number of carbonyl (C=O) groups is 2. The van der Waals surface area contributed by atoms with Gasteiger partial charge in [-0.25, -0.2) is 0 Å². The normalized spacial score (nSPS) is 19.9. The molecule has 6 heteroatoms. The minimum absolute atomic E-state index is 0.0641. The number of rotatable bonds is 4. The van der Waals surface area contributed by atoms with E-state index >= 15 is 0 Å². The van der Waals surface area contributed by atoms with Crippen molar-refractivity contribution in [3.8, 4) is 0 Å². The van der Waals surface area contributed by atoms with Crippen molar-refractivity contribution < 1.29 is 14.7 Å². The van der Waals surface area contributed by atoms with E-state index in [1.165, 1.54) is 4.90 Å². The van der Waals surface area contributed by atoms with Crippen molar-refractivity contribution in [2.24, 2.45) is 5.73 Å². The van der Waals surface area contributed by atoms with Crippen LogP contribution in [0, 0.1) is 0 Å². The zero-order valence-electron chi connectivity index (χ0n) is 11.0. The van der Waals surface area contributed by atoms with Gasteiger partial charge in [-0.1, -0.05) is 23.7 Å². The second kappa shape index (κ2) is 6.24. The summed E-state index contributed by atoms with van der Waals surface area (Å²) in [5, 5.41) is 10.6. The molecular formula is C14H17ClN2O3. The van der Waals surface area contributed by atoms with Gasteiger partial charge in [-0.15, -0.1) is 0 Å². The Balaban J connectivity index is 2.00. The van der Waals surface area contributed by atoms with Gasteiger partial charge in [0.1, 0.15) is 6.04 Å². The number of amides is 2. The molecule has 0 bridgehead atoms. The van der Waals surface area contributed by atoms with Crippen molar-refractivity contribution in [3.05, 3.63) is 34.9 Å². The van der Waals surface area contributed by atoms with Crippen LogP contribution in [0.1, 0.15) is 30.9 Å². The molecule has 0 aromatic heterocycles. The number of likely N-dealkylation sites (tertiary alicyclic amines) is 1. The zero-order chi connectivity index (χ0) is 14.7. The van der Waals surface area contributed by atoms with E-state index in [4.69, 9.17) is 17.3 Å². The van der Waals surface area contributed by atoms with E-state index in [1.54, 1.807) is 24.3 Å². The summed E-state index contributed by atoms with van der Waals surface area (Å²) in [5.41, 5.74) is 5.90. The lowest BCUT2D eigenvalue weighted by Gasteiger charge is -2.23. The monoisotopic (exact) mass is 296 g/mol. The standard InChI is InChI=1S/C14H17ClN2O3/c15-10-5-3-9(4-6-10)12(18)8-13(19)17-7-1-2-11(17)14(16)20/h3-6,11-12,18H,1-2,7-8H2,(H2,16,20). The highest BCUT2D eigenvalue weighted by Gasteiger charge is 2.33. The number of carbonyl (C=O) groups excluding carboxylic acids is 2. The molecule has 2 unspecified atom stereocenters. The third-order valence-corrected chi connectivity index (χ3v) is 3.78. The van der Waals surface area contributed by atoms with Crippen molar-refractivity contribution in [3.63, 3.8) is 0 Å². The molecule has 0 saturated carbocycles. The maximum Gasteiger partial charge on any atom is 0.240 e. The van der Waals surface area contributed by atoms with Crippen molar-refractivity contribution in [1.29, 1.82) is 0 Å². The molecule has 20 heavy (non-hydrogen) atoms. The summed E-state index contributed by atoms with van der Waals surface area (Å²) in [7, 11) is 0. The van der Waals surface area contributed by atoms with Crippen LogP contribution in [-0.4, -0.2) is 34.4 Å². The molecular weight excluding hydrogens is 280 g/mol. The first-order valence-electron chi connectivity index (χ1n) is 6.51. The summed E-state index contributed by atoms with van der Waals surface area (Å²) in [6.45, 7) is 0.514. The second-order valence-corrected chi connectivity index (χ2v) is 5.36. The summed E-state index contributed by atoms with van der Waals surface area (Å²) in [4.78, 5) is 24.9. The van der Waals surface area contributed by atoms with Gasteiger partial charge in [0.2, 0.25) is 11.8 Å². The average Bonchev–Trinajstić information content (AvgIpc) is 2.88. The van der Waals surface area contributed by atoms with Crippen molar-refractivity contribution in [1.82, 2.24) is 4.90 Å². The smallest absolute Gasteiger partial charge is 0.240 e. The van der Waals surface area contributed by atoms with Gasteiger partial charge in [0.05, 0.1) is 12.5 Å². The molecule has 2 rings (SSSR count). The van der Waals surface area contributed by atoms with Crippen LogP contribution in [0.25, 0.3) is 0 Å². The Morgan fingerprint density at radius 2 is 2.05 bits per heavy atom. The number of halogens is 1. The predicted molar refractivity (Wildman–Crippen MR) is 75.0 cm³/mol. The Kier molecular flexibility index (Phi) is 4.62. The largest absolute Gasteiger partial charge is 0.388 e. The van der Waals surface area contributed by atoms with E-state index in [1.807, 2.05) is 0 Å². The predicted octanol–water partition coefficient (Wildman–Crippen LogP) is 1.24. The average molecular weight is 297 g/mol. The number of aliphatic hydroxyl groups is 1. The van der Waals surface area contributed by atoms with Gasteiger partial charge in [0.25, 0.3) is 0 Å². The molecule has 1 fully saturated rings. The summed E-state index contributed by atoms with van der Waals surface area (Å²) in [6.07, 6.45) is 0.383. The van der Waals surface area contributed by atoms with Gasteiger partial charge in [-0.2, -0.15) is 0 Å². The van der Waals surface area contributed by atoms with Crippen molar-refractivity contribution in [2.45, 2.75) is 31.4 Å². The van der Waals surface area contributed by atoms with Gasteiger partial charge < -0.3 is 15.7 Å². The van der Waals surface area contributed by atoms with E-state index in [-0.39, 0.29) is 12.3 Å². The molecule has 1 aliphatic heterocycles. The molecule has 5 nitrogen and oxygen atoms in total. The van der Waals surface area contributed by atoms with Gasteiger partial charge in [0, 0.05) is 11.6 Å². The molecule has 108 valence electrons. The van der Waals surface area contributed by atoms with Crippen LogP contribution >= 0.6 is 11.6 Å². The summed E-state index contributed by atoms with van der Waals surface area (Å²) in [5.74, 6) is -0.745. The van der Waals surface area contributed by atoms with Crippen LogP contribution in [0.3, 0.4) is 0 Å². The molecule has 0 spiro atoms. The molecule has 0 aliphatic carbocycles. The highest BCUT2D eigenvalue weighted by atomic mass is 35.5. The summed E-state index contributed by atoms with van der Waals surface area (Å²) >= 11 is 5.77. The number of aliphatic hydroxyl groups excluding tert-OH is 1. The van der Waals surface area contributed by atoms with Crippen LogP contribution in [0.2, 0.25) is 5.02 Å². The number of benzene rings is 1. The molecule has 2 amide bonds. The van der Waals surface area contributed by atoms with Gasteiger partial charge in [-0.05, 0) is 30.5 Å². The van der Waals surface area contributed by atoms with Crippen LogP contribution < -0.4 is 5.73 Å². The lowest BCUT2D eigenvalue weighted by Crippen LogP contribution is -2.44. The fourth-order valence-corrected chi connectivity index (χ4v) is 2.57. The number of nitrogens with two attached hydrogens (primary N) is 1. The number of nitrogens with zero attached hydrogens (tertiary/aromatic N) is 1. The van der Waals surface area contributed by atoms with E-state index in [0.717, 1.165) is 6.42 Å². The third-order valence-electron chi connectivity index (χ3n) is 3.52. The molecule has 0 radical (unpaired) electrons. The maximum atomic E-state index is 12.1. The lowest BCUT2D eigenvalue weighted by atomic mass is 10.1.